The topological polar surface area (TPSA) is 169 Å². The van der Waals surface area contributed by atoms with E-state index in [1.807, 2.05) is 95.0 Å². The standard InChI is InChI=1S/C27H25N3O2.C26H24N4O2.ClH/c28-26(31)20-8-6-19(7-9-20)23-12-13-25-24(23)16-22(17-29-25)18-4-10-21(11-5-18)27(32)30-14-2-1-3-15-30;27-25(31)19-5-3-18(4-6-19)22-9-10-24-23(22)15-21(16-29-24)17-1-7-20(8-2-17)26(32)30-13-11-28-12-14-30;/h4-12,16-17H,1-3,13-15H2,(H2,28,31);1-9,15-16,28H,10-14H2,(H2,27,31);1H. The molecule has 4 aliphatic rings. The number of aromatic nitrogens is 2. The van der Waals surface area contributed by atoms with Crippen LogP contribution in [0.1, 0.15) is 94.3 Å². The number of halogens is 1. The van der Waals surface area contributed by atoms with Crippen LogP contribution in [0, 0.1) is 0 Å². The van der Waals surface area contributed by atoms with Crippen LogP contribution in [0.4, 0.5) is 0 Å². The number of carbonyl (C=O) groups excluding carboxylic acids is 4. The van der Waals surface area contributed by atoms with Gasteiger partial charge in [-0.1, -0.05) is 60.7 Å². The Hall–Kier alpha value is -7.21. The van der Waals surface area contributed by atoms with Gasteiger partial charge in [-0.2, -0.15) is 0 Å². The summed E-state index contributed by atoms with van der Waals surface area (Å²) in [6.07, 6.45) is 13.1. The number of benzene rings is 4. The number of quaternary nitrogens is 1. The molecule has 2 aromatic heterocycles. The second-order valence-electron chi connectivity index (χ2n) is 16.6. The first-order valence-electron chi connectivity index (χ1n) is 22.0. The number of likely N-dealkylation sites (tertiary alicyclic amines) is 1. The molecule has 0 spiro atoms. The van der Waals surface area contributed by atoms with E-state index in [1.165, 1.54) is 6.42 Å². The van der Waals surface area contributed by atoms with E-state index >= 15 is 0 Å². The van der Waals surface area contributed by atoms with Gasteiger partial charge in [0.1, 0.15) is 0 Å². The highest BCUT2D eigenvalue weighted by Crippen LogP contribution is 2.36. The van der Waals surface area contributed by atoms with Crippen LogP contribution in [0.3, 0.4) is 0 Å². The van der Waals surface area contributed by atoms with Crippen LogP contribution < -0.4 is 29.2 Å². The van der Waals surface area contributed by atoms with E-state index < -0.39 is 11.8 Å². The van der Waals surface area contributed by atoms with Gasteiger partial charge in [0.15, 0.2) is 0 Å². The lowest BCUT2D eigenvalue weighted by Crippen LogP contribution is -3.00. The van der Waals surface area contributed by atoms with Crippen molar-refractivity contribution in [1.82, 2.24) is 19.8 Å². The van der Waals surface area contributed by atoms with Gasteiger partial charge >= 0.3 is 0 Å². The van der Waals surface area contributed by atoms with Crippen LogP contribution >= 0.6 is 0 Å². The van der Waals surface area contributed by atoms with E-state index in [0.29, 0.717) is 11.1 Å². The molecule has 0 unspecified atom stereocenters. The van der Waals surface area contributed by atoms with Crippen molar-refractivity contribution < 1.29 is 36.9 Å². The molecule has 2 aliphatic carbocycles. The molecule has 0 bridgehead atoms. The second-order valence-corrected chi connectivity index (χ2v) is 16.6. The highest BCUT2D eigenvalue weighted by molar-refractivity contribution is 5.97. The summed E-state index contributed by atoms with van der Waals surface area (Å²) in [4.78, 5) is 61.4. The molecule has 2 fully saturated rings. The fourth-order valence-corrected chi connectivity index (χ4v) is 8.91. The minimum Gasteiger partial charge on any atom is -1.00 e. The highest BCUT2D eigenvalue weighted by Gasteiger charge is 2.23. The Morgan fingerprint density at radius 3 is 1.23 bits per heavy atom. The Labute approximate surface area is 384 Å². The number of nitrogens with zero attached hydrogens (tertiary/aromatic N) is 4. The van der Waals surface area contributed by atoms with E-state index in [0.717, 1.165) is 143 Å². The number of primary amides is 2. The molecule has 0 atom stereocenters. The van der Waals surface area contributed by atoms with Crippen molar-refractivity contribution in [3.63, 3.8) is 0 Å². The summed E-state index contributed by atoms with van der Waals surface area (Å²) in [5.41, 5.74) is 25.8. The first-order valence-corrected chi connectivity index (χ1v) is 22.0. The van der Waals surface area contributed by atoms with Gasteiger partial charge < -0.3 is 39.0 Å². The number of fused-ring (bicyclic) bond motifs is 2. The minimum absolute atomic E-state index is 0. The van der Waals surface area contributed by atoms with Gasteiger partial charge in [-0.3, -0.25) is 29.1 Å². The van der Waals surface area contributed by atoms with E-state index in [4.69, 9.17) is 11.5 Å². The number of amides is 4. The van der Waals surface area contributed by atoms with E-state index in [1.54, 1.807) is 24.3 Å². The Morgan fingerprint density at radius 2 is 0.831 bits per heavy atom. The van der Waals surface area contributed by atoms with Crippen molar-refractivity contribution in [2.24, 2.45) is 11.5 Å². The zero-order chi connectivity index (χ0) is 44.2. The number of carbonyl (C=O) groups is 4. The number of hydrogen-bond donors (Lipinski definition) is 3. The molecule has 10 rings (SSSR count). The summed E-state index contributed by atoms with van der Waals surface area (Å²) in [7, 11) is 0. The summed E-state index contributed by atoms with van der Waals surface area (Å²) < 4.78 is 0. The molecule has 328 valence electrons. The van der Waals surface area contributed by atoms with E-state index in [9.17, 15) is 19.2 Å². The SMILES string of the molecule is NC(=O)c1ccc(C2=CCc3ncc(-c4ccc(C(=O)N5CCCCC5)cc4)cc32)cc1.NC(=O)c1ccc(C2=CCc3ncc(-c4ccc(C(=O)N5CC[NH2+]CC5)cc4)cc32)cc1.[Cl-]. The molecule has 4 heterocycles. The average molecular weight is 884 g/mol. The fraction of sp³-hybridized carbons (Fsp3) is 0.208. The van der Waals surface area contributed by atoms with Gasteiger partial charge in [-0.05, 0) is 113 Å². The fourth-order valence-electron chi connectivity index (χ4n) is 8.91. The Balaban J connectivity index is 0.000000175. The lowest BCUT2D eigenvalue weighted by molar-refractivity contribution is -0.661. The second kappa shape index (κ2) is 19.7. The molecule has 2 saturated heterocycles. The Morgan fingerprint density at radius 1 is 0.462 bits per heavy atom. The molecule has 6 aromatic rings. The predicted octanol–water partition coefficient (Wildman–Crippen LogP) is 3.32. The molecule has 2 aliphatic heterocycles. The smallest absolute Gasteiger partial charge is 0.254 e. The molecule has 65 heavy (non-hydrogen) atoms. The third kappa shape index (κ3) is 9.67. The molecule has 0 saturated carbocycles. The van der Waals surface area contributed by atoms with Crippen LogP contribution in [0.2, 0.25) is 0 Å². The number of rotatable bonds is 8. The van der Waals surface area contributed by atoms with Gasteiger partial charge in [0, 0.05) is 82.8 Å². The van der Waals surface area contributed by atoms with Crippen molar-refractivity contribution >= 4 is 34.8 Å². The third-order valence-corrected chi connectivity index (χ3v) is 12.5. The summed E-state index contributed by atoms with van der Waals surface area (Å²) >= 11 is 0. The van der Waals surface area contributed by atoms with Crippen LogP contribution in [-0.4, -0.2) is 82.7 Å². The van der Waals surface area contributed by atoms with Gasteiger partial charge in [0.05, 0.1) is 37.6 Å². The lowest BCUT2D eigenvalue weighted by atomic mass is 9.96. The van der Waals surface area contributed by atoms with Crippen molar-refractivity contribution in [3.05, 3.63) is 190 Å². The summed E-state index contributed by atoms with van der Waals surface area (Å²) in [6, 6.07) is 34.7. The first-order chi connectivity index (χ1) is 31.2. The van der Waals surface area contributed by atoms with Crippen LogP contribution in [0.15, 0.2) is 134 Å². The zero-order valence-corrected chi connectivity index (χ0v) is 36.8. The van der Waals surface area contributed by atoms with Crippen molar-refractivity contribution in [2.45, 2.75) is 32.1 Å². The van der Waals surface area contributed by atoms with Crippen molar-refractivity contribution in [1.29, 1.82) is 0 Å². The summed E-state index contributed by atoms with van der Waals surface area (Å²) in [5, 5.41) is 2.24. The number of hydrogen-bond acceptors (Lipinski definition) is 6. The van der Waals surface area contributed by atoms with Gasteiger partial charge in [-0.15, -0.1) is 0 Å². The van der Waals surface area contributed by atoms with E-state index in [2.05, 4.69) is 39.6 Å². The molecular weight excluding hydrogens is 834 g/mol. The molecule has 4 amide bonds. The molecule has 0 radical (unpaired) electrons. The number of piperidine rings is 1. The monoisotopic (exact) mass is 883 g/mol. The number of nitrogens with two attached hydrogens (primary N) is 3. The maximum absolute atomic E-state index is 12.7. The predicted molar refractivity (Wildman–Crippen MR) is 248 cm³/mol. The normalized spacial score (nSPS) is 15.0. The third-order valence-electron chi connectivity index (χ3n) is 12.5. The van der Waals surface area contributed by atoms with Crippen molar-refractivity contribution in [3.8, 4) is 22.3 Å². The van der Waals surface area contributed by atoms with Crippen molar-refractivity contribution in [2.75, 3.05) is 39.3 Å². The number of pyridine rings is 2. The highest BCUT2D eigenvalue weighted by atomic mass is 35.5. The average Bonchev–Trinajstić information content (AvgIpc) is 3.99. The van der Waals surface area contributed by atoms with Crippen LogP contribution in [-0.2, 0) is 12.8 Å². The van der Waals surface area contributed by atoms with Gasteiger partial charge in [0.25, 0.3) is 11.8 Å². The maximum Gasteiger partial charge on any atom is 0.254 e. The maximum atomic E-state index is 12.7. The Kier molecular flexibility index (Phi) is 13.4. The quantitative estimate of drug-likeness (QED) is 0.212. The zero-order valence-electron chi connectivity index (χ0n) is 36.0. The molecular formula is C53H50ClN7O4. The lowest BCUT2D eigenvalue weighted by Gasteiger charge is -2.26. The molecule has 11 nitrogen and oxygen atoms in total. The summed E-state index contributed by atoms with van der Waals surface area (Å²) in [6.45, 7) is 5.23. The molecule has 4 aromatic carbocycles. The van der Waals surface area contributed by atoms with Gasteiger partial charge in [-0.25, -0.2) is 0 Å². The number of allylic oxidation sites excluding steroid dienone is 2. The van der Waals surface area contributed by atoms with Crippen LogP contribution in [0.25, 0.3) is 33.4 Å². The number of piperazine rings is 1. The largest absolute Gasteiger partial charge is 1.00 e. The molecule has 6 N–H and O–H groups in total. The minimum atomic E-state index is -0.429. The van der Waals surface area contributed by atoms with Gasteiger partial charge in [0.2, 0.25) is 11.8 Å². The summed E-state index contributed by atoms with van der Waals surface area (Å²) in [5.74, 6) is -0.639. The Bertz CT molecular complexity index is 2610. The molecule has 12 heteroatoms. The van der Waals surface area contributed by atoms with E-state index in [-0.39, 0.29) is 24.2 Å². The van der Waals surface area contributed by atoms with Crippen LogP contribution in [0.5, 0.6) is 0 Å². The first kappa shape index (κ1) is 44.4.